The third-order valence-corrected chi connectivity index (χ3v) is 9.97. The first kappa shape index (κ1) is 26.9. The lowest BCUT2D eigenvalue weighted by Crippen LogP contribution is -2.40. The normalized spacial score (nSPS) is 11.6. The van der Waals surface area contributed by atoms with Crippen LogP contribution in [0, 0.1) is 0 Å². The average Bonchev–Trinajstić information content (AvgIpc) is 3.05. The van der Waals surface area contributed by atoms with Crippen LogP contribution < -0.4 is 10.2 Å². The van der Waals surface area contributed by atoms with Crippen LogP contribution >= 0.6 is 0 Å². The van der Waals surface area contributed by atoms with Gasteiger partial charge in [-0.2, -0.15) is 0 Å². The van der Waals surface area contributed by atoms with Gasteiger partial charge in [0.25, 0.3) is 0 Å². The number of para-hydroxylation sites is 1. The monoisotopic (exact) mass is 570 g/mol. The van der Waals surface area contributed by atoms with E-state index in [9.17, 15) is 0 Å². The quantitative estimate of drug-likeness (QED) is 0.146. The number of hydrogen-bond acceptors (Lipinski definition) is 2. The minimum absolute atomic E-state index is 0.946. The van der Waals surface area contributed by atoms with E-state index < -0.39 is 8.07 Å². The van der Waals surface area contributed by atoms with Gasteiger partial charge in [0.2, 0.25) is 0 Å². The van der Waals surface area contributed by atoms with E-state index in [0.29, 0.717) is 0 Å². The van der Waals surface area contributed by atoms with Gasteiger partial charge in [-0.25, -0.2) is 4.98 Å². The molecule has 0 radical (unpaired) electrons. The van der Waals surface area contributed by atoms with Gasteiger partial charge in [0.1, 0.15) is 13.9 Å². The Morgan fingerprint density at radius 2 is 0.930 bits per heavy atom. The van der Waals surface area contributed by atoms with Crippen LogP contribution in [0.1, 0.15) is 0 Å². The van der Waals surface area contributed by atoms with Crippen LogP contribution in [0.15, 0.2) is 152 Å². The van der Waals surface area contributed by atoms with Gasteiger partial charge in [-0.15, -0.1) is 0 Å². The third kappa shape index (κ3) is 5.02. The van der Waals surface area contributed by atoms with Crippen molar-refractivity contribution in [3.63, 3.8) is 0 Å². The molecular weight excluding hydrogens is 537 g/mol. The van der Waals surface area contributed by atoms with Crippen LogP contribution in [-0.4, -0.2) is 13.1 Å². The fourth-order valence-electron chi connectivity index (χ4n) is 6.04. The molecule has 0 amide bonds. The number of pyridine rings is 1. The zero-order valence-corrected chi connectivity index (χ0v) is 25.8. The molecule has 0 aliphatic carbocycles. The van der Waals surface area contributed by atoms with Crippen molar-refractivity contribution >= 4 is 52.1 Å². The summed E-state index contributed by atoms with van der Waals surface area (Å²) < 4.78 is 0. The zero-order valence-electron chi connectivity index (χ0n) is 24.8. The zero-order chi connectivity index (χ0) is 29.4. The van der Waals surface area contributed by atoms with Gasteiger partial charge >= 0.3 is 0 Å². The van der Waals surface area contributed by atoms with Crippen molar-refractivity contribution in [3.05, 3.63) is 152 Å². The van der Waals surface area contributed by atoms with Crippen molar-refractivity contribution in [2.45, 2.75) is 19.6 Å². The minimum Gasteiger partial charge on any atom is -0.294 e. The SMILES string of the molecule is C[Si](C)(C)c1cccc(N(c2ccccc2)c2c3ccccc3c(-c3ccc(-c4ccccc4)cc3)c3ccccc23)n1. The average molecular weight is 571 g/mol. The molecule has 208 valence electrons. The molecular formula is C40H34N2Si. The van der Waals surface area contributed by atoms with Crippen molar-refractivity contribution < 1.29 is 0 Å². The maximum absolute atomic E-state index is 5.32. The molecule has 1 heterocycles. The number of rotatable bonds is 6. The Morgan fingerprint density at radius 3 is 1.51 bits per heavy atom. The van der Waals surface area contributed by atoms with Crippen LogP contribution in [0.4, 0.5) is 17.2 Å². The van der Waals surface area contributed by atoms with Crippen LogP contribution in [0.5, 0.6) is 0 Å². The Morgan fingerprint density at radius 1 is 0.442 bits per heavy atom. The summed E-state index contributed by atoms with van der Waals surface area (Å²) in [5.74, 6) is 0.946. The Kier molecular flexibility index (Phi) is 6.88. The molecule has 43 heavy (non-hydrogen) atoms. The van der Waals surface area contributed by atoms with Crippen LogP contribution in [0.25, 0.3) is 43.8 Å². The predicted molar refractivity (Wildman–Crippen MR) is 188 cm³/mol. The van der Waals surface area contributed by atoms with Crippen molar-refractivity contribution in [1.82, 2.24) is 4.98 Å². The van der Waals surface area contributed by atoms with E-state index in [-0.39, 0.29) is 0 Å². The highest BCUT2D eigenvalue weighted by Gasteiger charge is 2.25. The summed E-state index contributed by atoms with van der Waals surface area (Å²) in [6.45, 7) is 7.07. The molecule has 0 aliphatic heterocycles. The van der Waals surface area contributed by atoms with Gasteiger partial charge < -0.3 is 0 Å². The minimum atomic E-state index is -1.64. The van der Waals surface area contributed by atoms with Crippen molar-refractivity contribution in [3.8, 4) is 22.3 Å². The fraction of sp³-hybridized carbons (Fsp3) is 0.0750. The van der Waals surface area contributed by atoms with E-state index in [1.54, 1.807) is 0 Å². The molecule has 0 unspecified atom stereocenters. The molecule has 0 N–H and O–H groups in total. The summed E-state index contributed by atoms with van der Waals surface area (Å²) in [4.78, 5) is 7.68. The van der Waals surface area contributed by atoms with E-state index >= 15 is 0 Å². The standard InChI is InChI=1S/C40H34N2Si/c1-43(2,3)38-24-14-23-37(41-38)42(32-17-8-5-9-18-32)40-35-21-12-10-19-33(35)39(34-20-11-13-22-36(34)40)31-27-25-30(26-28-31)29-15-6-4-7-16-29/h4-28H,1-3H3. The maximum atomic E-state index is 5.32. The summed E-state index contributed by atoms with van der Waals surface area (Å²) >= 11 is 0. The Balaban J connectivity index is 1.52. The largest absolute Gasteiger partial charge is 0.294 e. The second-order valence-electron chi connectivity index (χ2n) is 12.1. The second-order valence-corrected chi connectivity index (χ2v) is 17.1. The van der Waals surface area contributed by atoms with Crippen LogP contribution in [0.2, 0.25) is 19.6 Å². The molecule has 2 nitrogen and oxygen atoms in total. The molecule has 0 aliphatic rings. The molecule has 1 aromatic heterocycles. The van der Waals surface area contributed by atoms with Crippen LogP contribution in [0.3, 0.4) is 0 Å². The molecule has 7 aromatic rings. The second kappa shape index (κ2) is 11.0. The molecule has 0 atom stereocenters. The van der Waals surface area contributed by atoms with Gasteiger partial charge in [-0.05, 0) is 57.3 Å². The topological polar surface area (TPSA) is 16.1 Å². The highest BCUT2D eigenvalue weighted by atomic mass is 28.3. The molecule has 0 saturated heterocycles. The van der Waals surface area contributed by atoms with E-state index in [0.717, 1.165) is 17.2 Å². The number of hydrogen-bond donors (Lipinski definition) is 0. The first-order chi connectivity index (χ1) is 21.0. The van der Waals surface area contributed by atoms with E-state index in [1.165, 1.54) is 49.1 Å². The first-order valence-electron chi connectivity index (χ1n) is 14.9. The summed E-state index contributed by atoms with van der Waals surface area (Å²) in [5, 5.41) is 6.06. The molecule has 3 heteroatoms. The molecule has 7 rings (SSSR count). The number of aromatic nitrogens is 1. The van der Waals surface area contributed by atoms with E-state index in [2.05, 4.69) is 176 Å². The highest BCUT2D eigenvalue weighted by molar-refractivity contribution is 6.88. The Labute approximate surface area is 254 Å². The lowest BCUT2D eigenvalue weighted by molar-refractivity contribution is 1.21. The number of fused-ring (bicyclic) bond motifs is 2. The smallest absolute Gasteiger partial charge is 0.137 e. The number of nitrogens with zero attached hydrogens (tertiary/aromatic N) is 2. The van der Waals surface area contributed by atoms with Crippen LogP contribution in [-0.2, 0) is 0 Å². The summed E-state index contributed by atoms with van der Waals surface area (Å²) in [6, 6.07) is 54.4. The van der Waals surface area contributed by atoms with E-state index in [4.69, 9.17) is 4.98 Å². The Bertz CT molecular complexity index is 1990. The highest BCUT2D eigenvalue weighted by Crippen LogP contribution is 2.47. The van der Waals surface area contributed by atoms with Gasteiger partial charge in [0.15, 0.2) is 0 Å². The lowest BCUT2D eigenvalue weighted by atomic mass is 9.89. The molecule has 0 saturated carbocycles. The van der Waals surface area contributed by atoms with E-state index in [1.807, 2.05) is 0 Å². The predicted octanol–water partition coefficient (Wildman–Crippen LogP) is 10.7. The number of anilines is 3. The first-order valence-corrected chi connectivity index (χ1v) is 18.4. The maximum Gasteiger partial charge on any atom is 0.137 e. The molecule has 0 bridgehead atoms. The van der Waals surface area contributed by atoms with Crippen molar-refractivity contribution in [2.75, 3.05) is 4.90 Å². The Hall–Kier alpha value is -4.99. The fourth-order valence-corrected chi connectivity index (χ4v) is 7.08. The van der Waals surface area contributed by atoms with Gasteiger partial charge in [0.05, 0.1) is 5.69 Å². The summed E-state index contributed by atoms with van der Waals surface area (Å²) in [6.07, 6.45) is 0. The molecule has 6 aromatic carbocycles. The van der Waals surface area contributed by atoms with Gasteiger partial charge in [0, 0.05) is 21.8 Å². The van der Waals surface area contributed by atoms with Gasteiger partial charge in [-0.1, -0.05) is 147 Å². The van der Waals surface area contributed by atoms with Gasteiger partial charge in [-0.3, -0.25) is 4.90 Å². The molecule has 0 spiro atoms. The summed E-state index contributed by atoms with van der Waals surface area (Å²) in [5.41, 5.74) is 7.17. The van der Waals surface area contributed by atoms with Crippen molar-refractivity contribution in [1.29, 1.82) is 0 Å². The summed E-state index contributed by atoms with van der Waals surface area (Å²) in [7, 11) is -1.64. The third-order valence-electron chi connectivity index (χ3n) is 8.15. The molecule has 0 fully saturated rings. The van der Waals surface area contributed by atoms with Crippen molar-refractivity contribution in [2.24, 2.45) is 0 Å². The lowest BCUT2D eigenvalue weighted by Gasteiger charge is -2.29. The number of benzene rings is 6.